The number of rotatable bonds is 4. The Kier molecular flexibility index (Phi) is 3.38. The monoisotopic (exact) mass is 298 g/mol. The normalized spacial score (nSPS) is 10.2. The second kappa shape index (κ2) is 4.96. The number of hydrogen-bond donors (Lipinski definition) is 1. The van der Waals surface area contributed by atoms with Gasteiger partial charge in [0.1, 0.15) is 11.3 Å². The molecule has 1 aromatic heterocycles. The molecule has 88 valence electrons. The molecule has 0 bridgehead atoms. The number of carbonyl (C=O) groups is 1. The fourth-order valence-corrected chi connectivity index (χ4v) is 1.55. The summed E-state index contributed by atoms with van der Waals surface area (Å²) in [6.45, 7) is 0.0540. The number of aromatic nitrogens is 2. The van der Waals surface area contributed by atoms with Crippen molar-refractivity contribution in [1.82, 2.24) is 10.1 Å². The third-order valence-corrected chi connectivity index (χ3v) is 2.43. The zero-order valence-electron chi connectivity index (χ0n) is 8.46. The second-order valence-electron chi connectivity index (χ2n) is 3.08. The van der Waals surface area contributed by atoms with Crippen LogP contribution >= 0.6 is 15.9 Å². The van der Waals surface area contributed by atoms with Gasteiger partial charge in [0.2, 0.25) is 12.2 Å². The molecule has 0 aliphatic carbocycles. The first-order chi connectivity index (χ1) is 8.16. The van der Waals surface area contributed by atoms with E-state index in [9.17, 15) is 4.79 Å². The zero-order valence-corrected chi connectivity index (χ0v) is 10.0. The lowest BCUT2D eigenvalue weighted by molar-refractivity contribution is 0.0691. The van der Waals surface area contributed by atoms with Crippen molar-refractivity contribution in [3.8, 4) is 5.75 Å². The lowest BCUT2D eigenvalue weighted by Crippen LogP contribution is -2.04. The highest BCUT2D eigenvalue weighted by atomic mass is 79.9. The van der Waals surface area contributed by atoms with E-state index in [1.807, 2.05) is 0 Å². The van der Waals surface area contributed by atoms with Gasteiger partial charge in [-0.15, -0.1) is 0 Å². The molecule has 6 nitrogen and oxygen atoms in total. The molecule has 0 unspecified atom stereocenters. The van der Waals surface area contributed by atoms with Crippen LogP contribution in [0.25, 0.3) is 0 Å². The fourth-order valence-electron chi connectivity index (χ4n) is 1.19. The van der Waals surface area contributed by atoms with E-state index in [-0.39, 0.29) is 17.9 Å². The summed E-state index contributed by atoms with van der Waals surface area (Å²) < 4.78 is 10.5. The quantitative estimate of drug-likeness (QED) is 0.930. The number of carboxylic acids is 1. The van der Waals surface area contributed by atoms with Crippen molar-refractivity contribution in [2.75, 3.05) is 0 Å². The van der Waals surface area contributed by atoms with Crippen molar-refractivity contribution < 1.29 is 19.2 Å². The van der Waals surface area contributed by atoms with Gasteiger partial charge in [-0.2, -0.15) is 4.98 Å². The predicted octanol–water partition coefficient (Wildman–Crippen LogP) is 2.11. The molecule has 2 aromatic rings. The molecule has 0 fully saturated rings. The van der Waals surface area contributed by atoms with Gasteiger partial charge >= 0.3 is 5.97 Å². The first-order valence-electron chi connectivity index (χ1n) is 4.57. The maximum atomic E-state index is 11.0. The minimum atomic E-state index is -1.06. The maximum Gasteiger partial charge on any atom is 0.339 e. The zero-order chi connectivity index (χ0) is 12.3. The molecule has 0 amide bonds. The summed E-state index contributed by atoms with van der Waals surface area (Å²) >= 11 is 3.20. The molecule has 0 atom stereocenters. The van der Waals surface area contributed by atoms with E-state index in [1.165, 1.54) is 12.5 Å². The number of nitrogens with zero attached hydrogens (tertiary/aromatic N) is 2. The van der Waals surface area contributed by atoms with Gasteiger partial charge < -0.3 is 14.4 Å². The summed E-state index contributed by atoms with van der Waals surface area (Å²) in [6, 6.07) is 4.72. The highest BCUT2D eigenvalue weighted by Gasteiger charge is 2.12. The van der Waals surface area contributed by atoms with Crippen molar-refractivity contribution >= 4 is 21.9 Å². The van der Waals surface area contributed by atoms with Gasteiger partial charge in [0.25, 0.3) is 0 Å². The third kappa shape index (κ3) is 2.82. The van der Waals surface area contributed by atoms with E-state index in [2.05, 4.69) is 30.6 Å². The topological polar surface area (TPSA) is 85.5 Å². The smallest absolute Gasteiger partial charge is 0.339 e. The number of halogens is 1. The van der Waals surface area contributed by atoms with Crippen LogP contribution in [0, 0.1) is 0 Å². The molecule has 7 heteroatoms. The van der Waals surface area contributed by atoms with Gasteiger partial charge in [0.15, 0.2) is 6.61 Å². The summed E-state index contributed by atoms with van der Waals surface area (Å²) in [4.78, 5) is 14.7. The Morgan fingerprint density at radius 2 is 2.35 bits per heavy atom. The third-order valence-electron chi connectivity index (χ3n) is 1.94. The molecule has 17 heavy (non-hydrogen) atoms. The maximum absolute atomic E-state index is 11.0. The molecule has 0 aliphatic rings. The molecule has 0 radical (unpaired) electrons. The Hall–Kier alpha value is -1.89. The van der Waals surface area contributed by atoms with Crippen LogP contribution in [0.15, 0.2) is 33.6 Å². The molecular weight excluding hydrogens is 292 g/mol. The van der Waals surface area contributed by atoms with E-state index in [1.54, 1.807) is 12.1 Å². The minimum Gasteiger partial charge on any atom is -0.485 e. The number of ether oxygens (including phenoxy) is 1. The molecular formula is C10H7BrN2O4. The van der Waals surface area contributed by atoms with E-state index in [0.29, 0.717) is 10.3 Å². The Morgan fingerprint density at radius 3 is 3.00 bits per heavy atom. The Bertz CT molecular complexity index is 527. The SMILES string of the molecule is O=C(O)c1cc(Br)ccc1OCc1ncon1. The molecule has 0 aliphatic heterocycles. The number of aromatic carboxylic acids is 1. The van der Waals surface area contributed by atoms with E-state index in [0.717, 1.165) is 0 Å². The van der Waals surface area contributed by atoms with Gasteiger partial charge in [0.05, 0.1) is 0 Å². The van der Waals surface area contributed by atoms with Gasteiger partial charge in [-0.25, -0.2) is 4.79 Å². The predicted molar refractivity (Wildman–Crippen MR) is 59.7 cm³/mol. The summed E-state index contributed by atoms with van der Waals surface area (Å²) in [5, 5.41) is 12.6. The lowest BCUT2D eigenvalue weighted by atomic mass is 10.2. The fraction of sp³-hybridized carbons (Fsp3) is 0.100. The van der Waals surface area contributed by atoms with Crippen LogP contribution in [0.2, 0.25) is 0 Å². The van der Waals surface area contributed by atoms with Crippen LogP contribution in [0.5, 0.6) is 5.75 Å². The van der Waals surface area contributed by atoms with Crippen molar-refractivity contribution in [3.63, 3.8) is 0 Å². The summed E-state index contributed by atoms with van der Waals surface area (Å²) in [5.41, 5.74) is 0.0721. The lowest BCUT2D eigenvalue weighted by Gasteiger charge is -2.07. The van der Waals surface area contributed by atoms with Crippen molar-refractivity contribution in [2.24, 2.45) is 0 Å². The molecule has 1 N–H and O–H groups in total. The highest BCUT2D eigenvalue weighted by molar-refractivity contribution is 9.10. The van der Waals surface area contributed by atoms with Gasteiger partial charge in [0, 0.05) is 4.47 Å². The van der Waals surface area contributed by atoms with Crippen molar-refractivity contribution in [2.45, 2.75) is 6.61 Å². The van der Waals surface area contributed by atoms with Crippen LogP contribution in [-0.2, 0) is 6.61 Å². The van der Waals surface area contributed by atoms with Crippen LogP contribution in [0.4, 0.5) is 0 Å². The van der Waals surface area contributed by atoms with Gasteiger partial charge in [-0.05, 0) is 18.2 Å². The molecule has 0 saturated heterocycles. The van der Waals surface area contributed by atoms with Crippen LogP contribution in [0.3, 0.4) is 0 Å². The summed E-state index contributed by atoms with van der Waals surface area (Å²) in [7, 11) is 0. The molecule has 0 saturated carbocycles. The Balaban J connectivity index is 2.17. The van der Waals surface area contributed by atoms with Gasteiger partial charge in [-0.3, -0.25) is 0 Å². The van der Waals surface area contributed by atoms with Crippen LogP contribution in [-0.4, -0.2) is 21.2 Å². The second-order valence-corrected chi connectivity index (χ2v) is 4.00. The van der Waals surface area contributed by atoms with E-state index in [4.69, 9.17) is 9.84 Å². The van der Waals surface area contributed by atoms with Crippen molar-refractivity contribution in [3.05, 3.63) is 40.5 Å². The molecule has 1 aromatic carbocycles. The number of benzene rings is 1. The summed E-state index contributed by atoms with van der Waals surface area (Å²) in [6.07, 6.45) is 1.18. The van der Waals surface area contributed by atoms with E-state index >= 15 is 0 Å². The number of carboxylic acid groups (broad SMARTS) is 1. The standard InChI is InChI=1S/C10H7BrN2O4/c11-6-1-2-8(7(3-6)10(14)15)16-4-9-12-5-17-13-9/h1-3,5H,4H2,(H,14,15). The Morgan fingerprint density at radius 1 is 1.53 bits per heavy atom. The van der Waals surface area contributed by atoms with E-state index < -0.39 is 5.97 Å². The minimum absolute atomic E-state index is 0.0540. The Labute approximate surface area is 104 Å². The largest absolute Gasteiger partial charge is 0.485 e. The molecule has 1 heterocycles. The van der Waals surface area contributed by atoms with Crippen molar-refractivity contribution in [1.29, 1.82) is 0 Å². The molecule has 2 rings (SSSR count). The average molecular weight is 299 g/mol. The first-order valence-corrected chi connectivity index (χ1v) is 5.37. The highest BCUT2D eigenvalue weighted by Crippen LogP contribution is 2.23. The van der Waals surface area contributed by atoms with Crippen LogP contribution < -0.4 is 4.74 Å². The number of hydrogen-bond acceptors (Lipinski definition) is 5. The van der Waals surface area contributed by atoms with Gasteiger partial charge in [-0.1, -0.05) is 21.1 Å². The first kappa shape index (κ1) is 11.6. The summed E-state index contributed by atoms with van der Waals surface area (Å²) in [5.74, 6) is -0.454. The average Bonchev–Trinajstić information content (AvgIpc) is 2.80. The molecule has 0 spiro atoms. The van der Waals surface area contributed by atoms with Crippen LogP contribution in [0.1, 0.15) is 16.2 Å².